The second-order valence-corrected chi connectivity index (χ2v) is 3.71. The van der Waals surface area contributed by atoms with Gasteiger partial charge < -0.3 is 16.2 Å². The third-order valence-corrected chi connectivity index (χ3v) is 2.09. The van der Waals surface area contributed by atoms with E-state index >= 15 is 0 Å². The second kappa shape index (κ2) is 5.24. The van der Waals surface area contributed by atoms with Crippen molar-refractivity contribution in [2.24, 2.45) is 5.73 Å². The number of rotatable bonds is 5. The predicted octanol–water partition coefficient (Wildman–Crippen LogP) is 0.159. The maximum absolute atomic E-state index is 10.7. The number of amides is 1. The monoisotopic (exact) mass is 238 g/mol. The summed E-state index contributed by atoms with van der Waals surface area (Å²) in [5.74, 6) is -1.22. The molecule has 1 atom stereocenters. The summed E-state index contributed by atoms with van der Waals surface area (Å²) >= 11 is 0. The molecule has 0 aliphatic heterocycles. The van der Waals surface area contributed by atoms with Crippen molar-refractivity contribution in [2.75, 3.05) is 5.32 Å². The average molecular weight is 238 g/mol. The standard InChI is InChI=1S/C10H14N4O3/c1-5(3-8(11)15)13-10-12-4-7(9(16)17)6(2)14-10/h4-5H,3H2,1-2H3,(H2,11,15)(H,16,17)(H,12,13,14). The number of hydrogen-bond donors (Lipinski definition) is 3. The van der Waals surface area contributed by atoms with Gasteiger partial charge in [0.1, 0.15) is 0 Å². The molecular formula is C10H14N4O3. The van der Waals surface area contributed by atoms with Crippen molar-refractivity contribution in [2.45, 2.75) is 26.3 Å². The highest BCUT2D eigenvalue weighted by molar-refractivity contribution is 5.88. The first-order valence-electron chi connectivity index (χ1n) is 5.02. The van der Waals surface area contributed by atoms with Gasteiger partial charge in [0, 0.05) is 18.7 Å². The topological polar surface area (TPSA) is 118 Å². The summed E-state index contributed by atoms with van der Waals surface area (Å²) in [4.78, 5) is 29.3. The van der Waals surface area contributed by atoms with Crippen LogP contribution < -0.4 is 11.1 Å². The van der Waals surface area contributed by atoms with E-state index in [4.69, 9.17) is 10.8 Å². The van der Waals surface area contributed by atoms with Gasteiger partial charge >= 0.3 is 5.97 Å². The van der Waals surface area contributed by atoms with E-state index in [0.717, 1.165) is 0 Å². The normalized spacial score (nSPS) is 11.9. The van der Waals surface area contributed by atoms with E-state index in [9.17, 15) is 9.59 Å². The molecule has 17 heavy (non-hydrogen) atoms. The number of aromatic carboxylic acids is 1. The van der Waals surface area contributed by atoms with E-state index in [1.165, 1.54) is 6.20 Å². The minimum absolute atomic E-state index is 0.0538. The molecule has 0 aliphatic rings. The van der Waals surface area contributed by atoms with Gasteiger partial charge in [-0.2, -0.15) is 0 Å². The fourth-order valence-corrected chi connectivity index (χ4v) is 1.32. The first-order valence-corrected chi connectivity index (χ1v) is 5.02. The highest BCUT2D eigenvalue weighted by Crippen LogP contribution is 2.08. The van der Waals surface area contributed by atoms with Crippen LogP contribution in [-0.2, 0) is 4.79 Å². The fourth-order valence-electron chi connectivity index (χ4n) is 1.32. The van der Waals surface area contributed by atoms with Crippen LogP contribution in [0.3, 0.4) is 0 Å². The molecule has 7 nitrogen and oxygen atoms in total. The van der Waals surface area contributed by atoms with Gasteiger partial charge in [0.25, 0.3) is 0 Å². The SMILES string of the molecule is Cc1nc(NC(C)CC(N)=O)ncc1C(=O)O. The molecule has 1 unspecified atom stereocenters. The summed E-state index contributed by atoms with van der Waals surface area (Å²) < 4.78 is 0. The van der Waals surface area contributed by atoms with Gasteiger partial charge in [0.05, 0.1) is 11.3 Å². The third-order valence-electron chi connectivity index (χ3n) is 2.09. The molecule has 0 saturated heterocycles. The molecule has 4 N–H and O–H groups in total. The molecule has 0 bridgehead atoms. The molecule has 1 amide bonds. The van der Waals surface area contributed by atoms with Crippen LogP contribution in [0.1, 0.15) is 29.4 Å². The lowest BCUT2D eigenvalue weighted by Gasteiger charge is -2.12. The van der Waals surface area contributed by atoms with Crippen LogP contribution >= 0.6 is 0 Å². The summed E-state index contributed by atoms with van der Waals surface area (Å²) in [6.45, 7) is 3.34. The number of nitrogens with one attached hydrogen (secondary N) is 1. The maximum Gasteiger partial charge on any atom is 0.339 e. The molecule has 1 aromatic heterocycles. The Balaban J connectivity index is 2.77. The zero-order valence-electron chi connectivity index (χ0n) is 9.60. The number of nitrogens with zero attached hydrogens (tertiary/aromatic N) is 2. The van der Waals surface area contributed by atoms with Crippen molar-refractivity contribution in [1.29, 1.82) is 0 Å². The molecule has 0 aliphatic carbocycles. The molecular weight excluding hydrogens is 224 g/mol. The molecule has 1 heterocycles. The highest BCUT2D eigenvalue weighted by atomic mass is 16.4. The number of carbonyl (C=O) groups is 2. The van der Waals surface area contributed by atoms with Gasteiger partial charge in [0.2, 0.25) is 11.9 Å². The lowest BCUT2D eigenvalue weighted by molar-refractivity contribution is -0.118. The molecule has 0 saturated carbocycles. The molecule has 0 spiro atoms. The van der Waals surface area contributed by atoms with Crippen LogP contribution in [0, 0.1) is 6.92 Å². The Kier molecular flexibility index (Phi) is 3.97. The summed E-state index contributed by atoms with van der Waals surface area (Å²) in [6.07, 6.45) is 1.38. The van der Waals surface area contributed by atoms with Crippen molar-refractivity contribution < 1.29 is 14.7 Å². The van der Waals surface area contributed by atoms with Crippen molar-refractivity contribution in [3.63, 3.8) is 0 Å². The minimum atomic E-state index is -1.07. The van der Waals surface area contributed by atoms with E-state index in [1.54, 1.807) is 13.8 Å². The Labute approximate surface area is 98.1 Å². The first-order chi connectivity index (χ1) is 7.90. The number of carboxylic acid groups (broad SMARTS) is 1. The van der Waals surface area contributed by atoms with E-state index in [0.29, 0.717) is 5.69 Å². The number of nitrogens with two attached hydrogens (primary N) is 1. The Morgan fingerprint density at radius 3 is 2.71 bits per heavy atom. The number of aryl methyl sites for hydroxylation is 1. The Bertz CT molecular complexity index is 447. The van der Waals surface area contributed by atoms with Crippen LogP contribution in [0.5, 0.6) is 0 Å². The lowest BCUT2D eigenvalue weighted by atomic mass is 10.2. The van der Waals surface area contributed by atoms with E-state index in [1.807, 2.05) is 0 Å². The number of anilines is 1. The van der Waals surface area contributed by atoms with E-state index < -0.39 is 11.9 Å². The average Bonchev–Trinajstić information content (AvgIpc) is 2.15. The Morgan fingerprint density at radius 2 is 2.24 bits per heavy atom. The quantitative estimate of drug-likeness (QED) is 0.672. The maximum atomic E-state index is 10.7. The molecule has 0 aromatic carbocycles. The Morgan fingerprint density at radius 1 is 1.59 bits per heavy atom. The number of hydrogen-bond acceptors (Lipinski definition) is 5. The number of primary amides is 1. The van der Waals surface area contributed by atoms with Gasteiger partial charge in [-0.15, -0.1) is 0 Å². The molecule has 1 rings (SSSR count). The van der Waals surface area contributed by atoms with E-state index in [-0.39, 0.29) is 24.0 Å². The molecule has 0 fully saturated rings. The van der Waals surface area contributed by atoms with Crippen molar-refractivity contribution in [3.8, 4) is 0 Å². The largest absolute Gasteiger partial charge is 0.478 e. The molecule has 92 valence electrons. The molecule has 1 aromatic rings. The van der Waals surface area contributed by atoms with Gasteiger partial charge in [-0.1, -0.05) is 0 Å². The highest BCUT2D eigenvalue weighted by Gasteiger charge is 2.12. The smallest absolute Gasteiger partial charge is 0.339 e. The second-order valence-electron chi connectivity index (χ2n) is 3.71. The zero-order valence-corrected chi connectivity index (χ0v) is 9.60. The van der Waals surface area contributed by atoms with Crippen LogP contribution in [0.4, 0.5) is 5.95 Å². The van der Waals surface area contributed by atoms with Crippen molar-refractivity contribution in [1.82, 2.24) is 9.97 Å². The van der Waals surface area contributed by atoms with Crippen LogP contribution in [0.25, 0.3) is 0 Å². The van der Waals surface area contributed by atoms with Gasteiger partial charge in [-0.05, 0) is 13.8 Å². The number of carboxylic acids is 1. The van der Waals surface area contributed by atoms with E-state index in [2.05, 4.69) is 15.3 Å². The van der Waals surface area contributed by atoms with Gasteiger partial charge in [-0.3, -0.25) is 4.79 Å². The summed E-state index contributed by atoms with van der Waals surface area (Å²) in [5, 5.41) is 11.7. The van der Waals surface area contributed by atoms with Gasteiger partial charge in [-0.25, -0.2) is 14.8 Å². The summed E-state index contributed by atoms with van der Waals surface area (Å²) in [7, 11) is 0. The molecule has 7 heteroatoms. The first kappa shape index (κ1) is 12.9. The minimum Gasteiger partial charge on any atom is -0.478 e. The lowest BCUT2D eigenvalue weighted by Crippen LogP contribution is -2.25. The Hall–Kier alpha value is -2.18. The van der Waals surface area contributed by atoms with Crippen LogP contribution in [0.2, 0.25) is 0 Å². The number of aromatic nitrogens is 2. The zero-order chi connectivity index (χ0) is 13.0. The van der Waals surface area contributed by atoms with Crippen LogP contribution in [0.15, 0.2) is 6.20 Å². The van der Waals surface area contributed by atoms with Crippen LogP contribution in [-0.4, -0.2) is 33.0 Å². The number of carbonyl (C=O) groups excluding carboxylic acids is 1. The predicted molar refractivity (Wildman–Crippen MR) is 60.6 cm³/mol. The fraction of sp³-hybridized carbons (Fsp3) is 0.400. The van der Waals surface area contributed by atoms with Crippen molar-refractivity contribution >= 4 is 17.8 Å². The third kappa shape index (κ3) is 3.71. The van der Waals surface area contributed by atoms with Crippen molar-refractivity contribution in [3.05, 3.63) is 17.5 Å². The summed E-state index contributed by atoms with van der Waals surface area (Å²) in [5.41, 5.74) is 5.46. The summed E-state index contributed by atoms with van der Waals surface area (Å²) in [6, 6.07) is -0.206. The molecule has 0 radical (unpaired) electrons. The van der Waals surface area contributed by atoms with Gasteiger partial charge in [0.15, 0.2) is 0 Å².